The fourth-order valence-corrected chi connectivity index (χ4v) is 1.56. The Hall–Kier alpha value is -1.89. The van der Waals surface area contributed by atoms with Gasteiger partial charge in [0.25, 0.3) is 5.91 Å². The van der Waals surface area contributed by atoms with Crippen LogP contribution in [-0.2, 0) is 22.3 Å². The molecular weight excluding hydrogens is 297 g/mol. The summed E-state index contributed by atoms with van der Waals surface area (Å²) < 4.78 is 37.7. The number of alkyl halides is 3. The van der Waals surface area contributed by atoms with Gasteiger partial charge in [-0.3, -0.25) is 9.59 Å². The lowest BCUT2D eigenvalue weighted by Gasteiger charge is -2.19. The Bertz CT molecular complexity index is 548. The van der Waals surface area contributed by atoms with Crippen LogP contribution in [0.3, 0.4) is 0 Å². The number of nitrogens with one attached hydrogen (secondary N) is 2. The largest absolute Gasteiger partial charge is 0.416 e. The number of hydrogen-bond donors (Lipinski definition) is 2. The molecule has 1 aromatic rings. The van der Waals surface area contributed by atoms with E-state index in [0.29, 0.717) is 0 Å². The van der Waals surface area contributed by atoms with Gasteiger partial charge in [0.15, 0.2) is 0 Å². The summed E-state index contributed by atoms with van der Waals surface area (Å²) >= 11 is 0. The van der Waals surface area contributed by atoms with E-state index in [4.69, 9.17) is 0 Å². The number of halogens is 3. The minimum Gasteiger partial charge on any atom is -0.345 e. The van der Waals surface area contributed by atoms with Crippen LogP contribution in [0, 0.1) is 0 Å². The molecule has 0 aliphatic heterocycles. The Morgan fingerprint density at radius 1 is 1.14 bits per heavy atom. The molecule has 22 heavy (non-hydrogen) atoms. The molecule has 1 aromatic carbocycles. The van der Waals surface area contributed by atoms with Crippen molar-refractivity contribution >= 4 is 11.7 Å². The number of amides is 1. The Kier molecular flexibility index (Phi) is 5.71. The molecule has 0 heterocycles. The van der Waals surface area contributed by atoms with Crippen molar-refractivity contribution < 1.29 is 22.8 Å². The second kappa shape index (κ2) is 6.91. The summed E-state index contributed by atoms with van der Waals surface area (Å²) in [5.74, 6) is -1.49. The van der Waals surface area contributed by atoms with E-state index >= 15 is 0 Å². The molecule has 0 atom stereocenters. The molecule has 1 rings (SSSR count). The van der Waals surface area contributed by atoms with Crippen LogP contribution in [0.15, 0.2) is 24.3 Å². The first kappa shape index (κ1) is 18.2. The van der Waals surface area contributed by atoms with E-state index in [1.54, 1.807) is 0 Å². The van der Waals surface area contributed by atoms with Gasteiger partial charge in [0.1, 0.15) is 0 Å². The molecule has 0 radical (unpaired) electrons. The van der Waals surface area contributed by atoms with Crippen molar-refractivity contribution in [2.75, 3.05) is 6.54 Å². The number of hydrogen-bond acceptors (Lipinski definition) is 3. The van der Waals surface area contributed by atoms with Crippen molar-refractivity contribution in [3.63, 3.8) is 0 Å². The van der Waals surface area contributed by atoms with Crippen LogP contribution in [0.1, 0.15) is 31.9 Å². The number of Topliss-reactive ketones (excluding diaryl/α,β-unsaturated/α-hetero) is 1. The zero-order valence-electron chi connectivity index (χ0n) is 12.7. The molecule has 0 unspecified atom stereocenters. The predicted molar refractivity (Wildman–Crippen MR) is 76.1 cm³/mol. The average molecular weight is 316 g/mol. The first-order chi connectivity index (χ1) is 9.99. The maximum atomic E-state index is 12.6. The third kappa shape index (κ3) is 6.26. The molecule has 1 amide bonds. The van der Waals surface area contributed by atoms with Gasteiger partial charge in [-0.05, 0) is 38.5 Å². The Morgan fingerprint density at radius 2 is 1.77 bits per heavy atom. The monoisotopic (exact) mass is 316 g/mol. The molecular formula is C15H19F3N2O2. The summed E-state index contributed by atoms with van der Waals surface area (Å²) in [4.78, 5) is 23.2. The van der Waals surface area contributed by atoms with Crippen molar-refractivity contribution in [2.45, 2.75) is 39.0 Å². The van der Waals surface area contributed by atoms with Gasteiger partial charge >= 0.3 is 6.18 Å². The molecule has 0 aliphatic rings. The molecule has 0 saturated carbocycles. The van der Waals surface area contributed by atoms with Gasteiger partial charge in [-0.1, -0.05) is 12.1 Å². The molecule has 0 fully saturated rings. The maximum Gasteiger partial charge on any atom is 0.416 e. The summed E-state index contributed by atoms with van der Waals surface area (Å²) in [5, 5.41) is 5.19. The van der Waals surface area contributed by atoms with E-state index in [-0.39, 0.29) is 24.2 Å². The third-order valence-electron chi connectivity index (χ3n) is 2.74. The number of rotatable bonds is 5. The summed E-state index contributed by atoms with van der Waals surface area (Å²) in [6.07, 6.45) is -4.44. The highest BCUT2D eigenvalue weighted by Gasteiger charge is 2.30. The van der Waals surface area contributed by atoms with E-state index in [2.05, 4.69) is 10.6 Å². The highest BCUT2D eigenvalue weighted by Crippen LogP contribution is 2.29. The lowest BCUT2D eigenvalue weighted by atomic mass is 10.1. The zero-order chi connectivity index (χ0) is 17.0. The van der Waals surface area contributed by atoms with Crippen LogP contribution < -0.4 is 10.6 Å². The van der Waals surface area contributed by atoms with Gasteiger partial charge < -0.3 is 10.6 Å². The number of carbonyl (C=O) groups is 2. The van der Waals surface area contributed by atoms with Crippen LogP contribution in [-0.4, -0.2) is 23.8 Å². The standard InChI is InChI=1S/C15H19F3N2O2/c1-14(2,3)20-9-12(21)13(22)19-8-10-5-4-6-11(7-10)15(16,17)18/h4-7,20H,8-9H2,1-3H3,(H,19,22). The zero-order valence-corrected chi connectivity index (χ0v) is 12.7. The van der Waals surface area contributed by atoms with Gasteiger partial charge in [-0.15, -0.1) is 0 Å². The van der Waals surface area contributed by atoms with Crippen LogP contribution >= 0.6 is 0 Å². The van der Waals surface area contributed by atoms with E-state index in [9.17, 15) is 22.8 Å². The van der Waals surface area contributed by atoms with Crippen LogP contribution in [0.5, 0.6) is 0 Å². The van der Waals surface area contributed by atoms with Gasteiger partial charge in [0.05, 0.1) is 12.1 Å². The highest BCUT2D eigenvalue weighted by molar-refractivity contribution is 6.36. The number of carbonyl (C=O) groups excluding carboxylic acids is 2. The molecule has 0 saturated heterocycles. The van der Waals surface area contributed by atoms with E-state index < -0.39 is 23.4 Å². The average Bonchev–Trinajstić information content (AvgIpc) is 2.40. The SMILES string of the molecule is CC(C)(C)NCC(=O)C(=O)NCc1cccc(C(F)(F)F)c1. The van der Waals surface area contributed by atoms with Crippen molar-refractivity contribution in [2.24, 2.45) is 0 Å². The second-order valence-electron chi connectivity index (χ2n) is 5.91. The van der Waals surface area contributed by atoms with E-state index in [1.807, 2.05) is 20.8 Å². The number of ketones is 1. The Labute approximate surface area is 127 Å². The lowest BCUT2D eigenvalue weighted by molar-refractivity contribution is -0.137. The molecule has 0 spiro atoms. The summed E-state index contributed by atoms with van der Waals surface area (Å²) in [6, 6.07) is 4.60. The second-order valence-corrected chi connectivity index (χ2v) is 5.91. The first-order valence-electron chi connectivity index (χ1n) is 6.71. The fourth-order valence-electron chi connectivity index (χ4n) is 1.56. The van der Waals surface area contributed by atoms with Crippen LogP contribution in [0.25, 0.3) is 0 Å². The van der Waals surface area contributed by atoms with Crippen molar-refractivity contribution in [3.8, 4) is 0 Å². The minimum absolute atomic E-state index is 0.127. The van der Waals surface area contributed by atoms with E-state index in [1.165, 1.54) is 12.1 Å². The van der Waals surface area contributed by atoms with Gasteiger partial charge in [-0.25, -0.2) is 0 Å². The third-order valence-corrected chi connectivity index (χ3v) is 2.74. The molecule has 0 bridgehead atoms. The van der Waals surface area contributed by atoms with Gasteiger partial charge in [0.2, 0.25) is 5.78 Å². The van der Waals surface area contributed by atoms with Gasteiger partial charge in [-0.2, -0.15) is 13.2 Å². The molecule has 0 aliphatic carbocycles. The smallest absolute Gasteiger partial charge is 0.345 e. The molecule has 122 valence electrons. The molecule has 2 N–H and O–H groups in total. The van der Waals surface area contributed by atoms with Crippen molar-refractivity contribution in [3.05, 3.63) is 35.4 Å². The fraction of sp³-hybridized carbons (Fsp3) is 0.467. The minimum atomic E-state index is -4.44. The maximum absolute atomic E-state index is 12.6. The topological polar surface area (TPSA) is 58.2 Å². The molecule has 0 aromatic heterocycles. The molecule has 7 heteroatoms. The van der Waals surface area contributed by atoms with Crippen LogP contribution in [0.2, 0.25) is 0 Å². The highest BCUT2D eigenvalue weighted by atomic mass is 19.4. The van der Waals surface area contributed by atoms with Gasteiger partial charge in [0, 0.05) is 12.1 Å². The lowest BCUT2D eigenvalue weighted by Crippen LogP contribution is -2.44. The van der Waals surface area contributed by atoms with Crippen molar-refractivity contribution in [1.82, 2.24) is 10.6 Å². The Morgan fingerprint density at radius 3 is 2.32 bits per heavy atom. The predicted octanol–water partition coefficient (Wildman–Crippen LogP) is 2.28. The van der Waals surface area contributed by atoms with Crippen LogP contribution in [0.4, 0.5) is 13.2 Å². The quantitative estimate of drug-likeness (QED) is 0.820. The molecule has 4 nitrogen and oxygen atoms in total. The summed E-state index contributed by atoms with van der Waals surface area (Å²) in [6.45, 7) is 5.28. The normalized spacial score (nSPS) is 12.1. The summed E-state index contributed by atoms with van der Waals surface area (Å²) in [5.41, 5.74) is -0.823. The van der Waals surface area contributed by atoms with Crippen molar-refractivity contribution in [1.29, 1.82) is 0 Å². The Balaban J connectivity index is 2.56. The summed E-state index contributed by atoms with van der Waals surface area (Å²) in [7, 11) is 0. The number of benzene rings is 1. The van der Waals surface area contributed by atoms with E-state index in [0.717, 1.165) is 12.1 Å². The first-order valence-corrected chi connectivity index (χ1v) is 6.71.